The first kappa shape index (κ1) is 23.1. The minimum atomic E-state index is -3.90. The predicted molar refractivity (Wildman–Crippen MR) is 120 cm³/mol. The number of nitrogens with zero attached hydrogens (tertiary/aromatic N) is 1. The second-order valence-electron chi connectivity index (χ2n) is 7.72. The van der Waals surface area contributed by atoms with Crippen LogP contribution in [0.2, 0.25) is 10.0 Å². The summed E-state index contributed by atoms with van der Waals surface area (Å²) in [6, 6.07) is 11.6. The average Bonchev–Trinajstić information content (AvgIpc) is 2.70. The molecule has 2 aromatic rings. The molecule has 30 heavy (non-hydrogen) atoms. The molecule has 0 aromatic heterocycles. The molecule has 1 fully saturated rings. The van der Waals surface area contributed by atoms with Crippen molar-refractivity contribution in [2.24, 2.45) is 0 Å². The van der Waals surface area contributed by atoms with Crippen molar-refractivity contribution in [1.29, 1.82) is 0 Å². The highest BCUT2D eigenvalue weighted by atomic mass is 35.5. The van der Waals surface area contributed by atoms with Gasteiger partial charge in [0.25, 0.3) is 0 Å². The van der Waals surface area contributed by atoms with Crippen molar-refractivity contribution >= 4 is 39.1 Å². The Bertz CT molecular complexity index is 988. The highest BCUT2D eigenvalue weighted by molar-refractivity contribution is 7.89. The zero-order valence-corrected chi connectivity index (χ0v) is 19.2. The summed E-state index contributed by atoms with van der Waals surface area (Å²) in [5, 5.41) is 3.82. The summed E-state index contributed by atoms with van der Waals surface area (Å²) in [5.41, 5.74) is 1.54. The maximum atomic E-state index is 13.3. The van der Waals surface area contributed by atoms with Crippen molar-refractivity contribution in [2.45, 2.75) is 56.5 Å². The highest BCUT2D eigenvalue weighted by Gasteiger charge is 2.28. The first-order valence-corrected chi connectivity index (χ1v) is 12.3. The van der Waals surface area contributed by atoms with E-state index in [9.17, 15) is 13.2 Å². The number of nitrogens with one attached hydrogen (secondary N) is 1. The molecule has 0 aliphatic heterocycles. The molecule has 5 nitrogen and oxygen atoms in total. The quantitative estimate of drug-likeness (QED) is 0.625. The molecular weight excluding hydrogens is 443 g/mol. The van der Waals surface area contributed by atoms with Crippen LogP contribution in [0.15, 0.2) is 47.4 Å². The van der Waals surface area contributed by atoms with E-state index >= 15 is 0 Å². The number of hydrogen-bond donors (Lipinski definition) is 1. The van der Waals surface area contributed by atoms with E-state index in [4.69, 9.17) is 23.2 Å². The Kier molecular flexibility index (Phi) is 7.80. The Morgan fingerprint density at radius 1 is 1.07 bits per heavy atom. The topological polar surface area (TPSA) is 66.5 Å². The summed E-state index contributed by atoms with van der Waals surface area (Å²) in [6.45, 7) is 1.59. The minimum absolute atomic E-state index is 0.0235. The van der Waals surface area contributed by atoms with E-state index in [0.717, 1.165) is 31.2 Å². The van der Waals surface area contributed by atoms with E-state index in [-0.39, 0.29) is 29.9 Å². The Morgan fingerprint density at radius 3 is 2.37 bits per heavy atom. The number of benzene rings is 2. The predicted octanol–water partition coefficient (Wildman–Crippen LogP) is 4.94. The van der Waals surface area contributed by atoms with Crippen LogP contribution in [0.3, 0.4) is 0 Å². The van der Waals surface area contributed by atoms with Crippen LogP contribution in [0.1, 0.15) is 43.2 Å². The monoisotopic (exact) mass is 468 g/mol. The molecule has 0 bridgehead atoms. The summed E-state index contributed by atoms with van der Waals surface area (Å²) >= 11 is 12.2. The van der Waals surface area contributed by atoms with Crippen molar-refractivity contribution in [3.63, 3.8) is 0 Å². The van der Waals surface area contributed by atoms with Crippen molar-refractivity contribution in [2.75, 3.05) is 6.54 Å². The van der Waals surface area contributed by atoms with E-state index in [0.29, 0.717) is 15.6 Å². The van der Waals surface area contributed by atoms with Gasteiger partial charge in [-0.1, -0.05) is 66.2 Å². The molecule has 0 heterocycles. The van der Waals surface area contributed by atoms with Gasteiger partial charge in [0.05, 0.1) is 11.4 Å². The van der Waals surface area contributed by atoms with Crippen LogP contribution in [0.4, 0.5) is 0 Å². The number of carbonyl (C=O) groups excluding carboxylic acids is 1. The van der Waals surface area contributed by atoms with Gasteiger partial charge in [-0.15, -0.1) is 0 Å². The van der Waals surface area contributed by atoms with Crippen molar-refractivity contribution < 1.29 is 13.2 Å². The van der Waals surface area contributed by atoms with E-state index in [2.05, 4.69) is 5.32 Å². The fourth-order valence-electron chi connectivity index (χ4n) is 3.61. The lowest BCUT2D eigenvalue weighted by molar-refractivity contribution is -0.122. The van der Waals surface area contributed by atoms with Gasteiger partial charge in [0.15, 0.2) is 0 Å². The molecule has 1 saturated carbocycles. The Hall–Kier alpha value is -1.60. The van der Waals surface area contributed by atoms with Gasteiger partial charge >= 0.3 is 0 Å². The molecule has 2 aromatic carbocycles. The fraction of sp³-hybridized carbons (Fsp3) is 0.409. The third-order valence-corrected chi connectivity index (χ3v) is 7.70. The van der Waals surface area contributed by atoms with Crippen molar-refractivity contribution in [3.8, 4) is 0 Å². The van der Waals surface area contributed by atoms with Crippen LogP contribution >= 0.6 is 23.2 Å². The van der Waals surface area contributed by atoms with Crippen LogP contribution in [0, 0.1) is 6.92 Å². The van der Waals surface area contributed by atoms with Crippen LogP contribution in [-0.2, 0) is 21.4 Å². The van der Waals surface area contributed by atoms with Crippen molar-refractivity contribution in [3.05, 3.63) is 63.6 Å². The lowest BCUT2D eigenvalue weighted by Crippen LogP contribution is -2.44. The molecule has 0 atom stereocenters. The van der Waals surface area contributed by atoms with Crippen LogP contribution in [0.5, 0.6) is 0 Å². The van der Waals surface area contributed by atoms with E-state index in [1.165, 1.54) is 10.7 Å². The summed E-state index contributed by atoms with van der Waals surface area (Å²) in [6.07, 6.45) is 5.20. The maximum Gasteiger partial charge on any atom is 0.243 e. The van der Waals surface area contributed by atoms with Gasteiger partial charge in [0, 0.05) is 22.6 Å². The number of halogens is 2. The van der Waals surface area contributed by atoms with Gasteiger partial charge in [0.2, 0.25) is 15.9 Å². The van der Waals surface area contributed by atoms with E-state index < -0.39 is 10.0 Å². The first-order valence-electron chi connectivity index (χ1n) is 10.1. The minimum Gasteiger partial charge on any atom is -0.352 e. The molecule has 0 spiro atoms. The zero-order valence-electron chi connectivity index (χ0n) is 16.9. The normalized spacial score (nSPS) is 15.3. The standard InChI is InChI=1S/C22H26Cl2N2O3S/c1-16-7-11-20(12-8-16)30(28,29)26(14-17-9-10-18(23)13-21(17)24)15-22(27)25-19-5-3-2-4-6-19/h7-13,19H,2-6,14-15H2,1H3,(H,25,27). The van der Waals surface area contributed by atoms with Crippen LogP contribution in [0.25, 0.3) is 0 Å². The molecule has 1 aliphatic carbocycles. The molecule has 1 aliphatic rings. The molecule has 0 saturated heterocycles. The van der Waals surface area contributed by atoms with Gasteiger partial charge in [-0.05, 0) is 49.6 Å². The lowest BCUT2D eigenvalue weighted by atomic mass is 9.95. The van der Waals surface area contributed by atoms with Gasteiger partial charge in [-0.2, -0.15) is 4.31 Å². The van der Waals surface area contributed by atoms with Gasteiger partial charge in [-0.3, -0.25) is 4.79 Å². The fourth-order valence-corrected chi connectivity index (χ4v) is 5.45. The second kappa shape index (κ2) is 10.1. The Labute approximate surface area is 188 Å². The Morgan fingerprint density at radius 2 is 1.73 bits per heavy atom. The number of amides is 1. The second-order valence-corrected chi connectivity index (χ2v) is 10.5. The molecule has 1 amide bonds. The van der Waals surface area contributed by atoms with Gasteiger partial charge in [-0.25, -0.2) is 8.42 Å². The summed E-state index contributed by atoms with van der Waals surface area (Å²) < 4.78 is 27.8. The number of sulfonamides is 1. The lowest BCUT2D eigenvalue weighted by Gasteiger charge is -2.26. The summed E-state index contributed by atoms with van der Waals surface area (Å²) in [4.78, 5) is 12.9. The average molecular weight is 469 g/mol. The largest absolute Gasteiger partial charge is 0.352 e. The summed E-state index contributed by atoms with van der Waals surface area (Å²) in [5.74, 6) is -0.303. The van der Waals surface area contributed by atoms with Gasteiger partial charge < -0.3 is 5.32 Å². The SMILES string of the molecule is Cc1ccc(S(=O)(=O)N(CC(=O)NC2CCCCC2)Cc2ccc(Cl)cc2Cl)cc1. The molecule has 3 rings (SSSR count). The number of rotatable bonds is 7. The third-order valence-electron chi connectivity index (χ3n) is 5.31. The highest BCUT2D eigenvalue weighted by Crippen LogP contribution is 2.25. The first-order chi connectivity index (χ1) is 14.3. The van der Waals surface area contributed by atoms with E-state index in [1.54, 1.807) is 42.5 Å². The smallest absolute Gasteiger partial charge is 0.243 e. The zero-order chi connectivity index (χ0) is 21.7. The molecule has 0 unspecified atom stereocenters. The summed E-state index contributed by atoms with van der Waals surface area (Å²) in [7, 11) is -3.90. The Balaban J connectivity index is 1.85. The van der Waals surface area contributed by atoms with Crippen molar-refractivity contribution in [1.82, 2.24) is 9.62 Å². The molecule has 1 N–H and O–H groups in total. The maximum absolute atomic E-state index is 13.3. The molecule has 162 valence electrons. The number of carbonyl (C=O) groups is 1. The molecule has 0 radical (unpaired) electrons. The number of aryl methyl sites for hydroxylation is 1. The van der Waals surface area contributed by atoms with Crippen LogP contribution in [-0.4, -0.2) is 31.2 Å². The third kappa shape index (κ3) is 5.97. The molecular formula is C22H26Cl2N2O3S. The van der Waals surface area contributed by atoms with Gasteiger partial charge in [0.1, 0.15) is 0 Å². The number of hydrogen-bond acceptors (Lipinski definition) is 3. The van der Waals surface area contributed by atoms with E-state index in [1.807, 2.05) is 6.92 Å². The molecule has 8 heteroatoms. The van der Waals surface area contributed by atoms with Crippen LogP contribution < -0.4 is 5.32 Å².